The molecular formula is C14H11IO4. The van der Waals surface area contributed by atoms with Crippen molar-refractivity contribution in [1.29, 1.82) is 0 Å². The fraction of sp³-hybridized carbons (Fsp3) is 0.0714. The first-order chi connectivity index (χ1) is 9.06. The van der Waals surface area contributed by atoms with E-state index in [2.05, 4.69) is 22.6 Å². The number of halogens is 1. The number of ether oxygens (including phenoxy) is 1. The van der Waals surface area contributed by atoms with Gasteiger partial charge in [-0.2, -0.15) is 0 Å². The Kier molecular flexibility index (Phi) is 4.26. The Morgan fingerprint density at radius 1 is 1.11 bits per heavy atom. The molecule has 2 rings (SSSR count). The number of rotatable bonds is 4. The van der Waals surface area contributed by atoms with Gasteiger partial charge in [0.15, 0.2) is 6.61 Å². The number of hydrogen-bond acceptors (Lipinski definition) is 4. The van der Waals surface area contributed by atoms with E-state index >= 15 is 0 Å². The molecule has 0 unspecified atom stereocenters. The Labute approximate surface area is 123 Å². The van der Waals surface area contributed by atoms with Crippen LogP contribution in [0.25, 0.3) is 0 Å². The van der Waals surface area contributed by atoms with Gasteiger partial charge in [-0.05, 0) is 59.0 Å². The average molecular weight is 370 g/mol. The second-order valence-corrected chi connectivity index (χ2v) is 5.11. The first-order valence-electron chi connectivity index (χ1n) is 5.50. The minimum atomic E-state index is -0.351. The number of aromatic hydroxyl groups is 2. The van der Waals surface area contributed by atoms with Crippen molar-refractivity contribution < 1.29 is 19.7 Å². The van der Waals surface area contributed by atoms with E-state index < -0.39 is 0 Å². The smallest absolute Gasteiger partial charge is 0.203 e. The number of carbonyl (C=O) groups excluding carboxylic acids is 1. The van der Waals surface area contributed by atoms with Crippen LogP contribution in [0.2, 0.25) is 0 Å². The minimum absolute atomic E-state index is 0.0902. The lowest BCUT2D eigenvalue weighted by Gasteiger charge is -2.07. The van der Waals surface area contributed by atoms with Crippen LogP contribution in [-0.4, -0.2) is 22.6 Å². The Morgan fingerprint density at radius 3 is 2.42 bits per heavy atom. The summed E-state index contributed by atoms with van der Waals surface area (Å²) >= 11 is 2.18. The number of hydrogen-bond donors (Lipinski definition) is 2. The maximum absolute atomic E-state index is 11.8. The van der Waals surface area contributed by atoms with Crippen LogP contribution in [-0.2, 0) is 0 Å². The molecule has 2 aromatic carbocycles. The van der Waals surface area contributed by atoms with Crippen molar-refractivity contribution in [3.05, 3.63) is 51.6 Å². The van der Waals surface area contributed by atoms with Gasteiger partial charge in [0, 0.05) is 9.64 Å². The van der Waals surface area contributed by atoms with Crippen molar-refractivity contribution in [1.82, 2.24) is 0 Å². The molecule has 5 heteroatoms. The number of Topliss-reactive ketones (excluding diaryl/α,β-unsaturated/α-hetero) is 1. The highest BCUT2D eigenvalue weighted by Crippen LogP contribution is 2.23. The number of phenols is 2. The molecule has 0 heterocycles. The predicted molar refractivity (Wildman–Crippen MR) is 78.8 cm³/mol. The highest BCUT2D eigenvalue weighted by atomic mass is 127. The molecule has 0 aromatic heterocycles. The van der Waals surface area contributed by atoms with Gasteiger partial charge >= 0.3 is 0 Å². The zero-order valence-electron chi connectivity index (χ0n) is 9.84. The van der Waals surface area contributed by atoms with Crippen LogP contribution < -0.4 is 4.74 Å². The lowest BCUT2D eigenvalue weighted by Crippen LogP contribution is -2.11. The Balaban J connectivity index is 2.03. The standard InChI is InChI=1S/C14H11IO4/c15-9-1-4-11(5-2-9)19-8-14(18)12-6-3-10(16)7-13(12)17/h1-7,16-17H,8H2. The van der Waals surface area contributed by atoms with E-state index in [1.165, 1.54) is 12.1 Å². The first-order valence-corrected chi connectivity index (χ1v) is 6.57. The summed E-state index contributed by atoms with van der Waals surface area (Å²) in [4.78, 5) is 11.8. The molecule has 0 atom stereocenters. The lowest BCUT2D eigenvalue weighted by atomic mass is 10.1. The SMILES string of the molecule is O=C(COc1ccc(I)cc1)c1ccc(O)cc1O. The summed E-state index contributed by atoms with van der Waals surface area (Å²) in [6, 6.07) is 11.1. The summed E-state index contributed by atoms with van der Waals surface area (Å²) in [5.74, 6) is -0.105. The van der Waals surface area contributed by atoms with Gasteiger partial charge in [0.05, 0.1) is 5.56 Å². The largest absolute Gasteiger partial charge is 0.508 e. The molecule has 2 aromatic rings. The van der Waals surface area contributed by atoms with Crippen LogP contribution in [0.3, 0.4) is 0 Å². The molecule has 0 fully saturated rings. The lowest BCUT2D eigenvalue weighted by molar-refractivity contribution is 0.0919. The molecule has 4 nitrogen and oxygen atoms in total. The van der Waals surface area contributed by atoms with Crippen LogP contribution in [0.4, 0.5) is 0 Å². The zero-order valence-corrected chi connectivity index (χ0v) is 12.0. The van der Waals surface area contributed by atoms with Crippen molar-refractivity contribution in [2.45, 2.75) is 0 Å². The van der Waals surface area contributed by atoms with Gasteiger partial charge in [-0.1, -0.05) is 0 Å². The van der Waals surface area contributed by atoms with Gasteiger partial charge in [0.25, 0.3) is 0 Å². The third-order valence-corrected chi connectivity index (χ3v) is 3.18. The second kappa shape index (κ2) is 5.92. The highest BCUT2D eigenvalue weighted by molar-refractivity contribution is 14.1. The Morgan fingerprint density at radius 2 is 1.79 bits per heavy atom. The summed E-state index contributed by atoms with van der Waals surface area (Å²) in [6.45, 7) is -0.168. The van der Waals surface area contributed by atoms with E-state index in [9.17, 15) is 9.90 Å². The van der Waals surface area contributed by atoms with Gasteiger partial charge in [0.1, 0.15) is 17.2 Å². The fourth-order valence-electron chi connectivity index (χ4n) is 1.51. The molecule has 0 aliphatic heterocycles. The molecule has 0 aliphatic carbocycles. The average Bonchev–Trinajstić information content (AvgIpc) is 2.37. The van der Waals surface area contributed by atoms with E-state index in [-0.39, 0.29) is 29.5 Å². The quantitative estimate of drug-likeness (QED) is 0.642. The minimum Gasteiger partial charge on any atom is -0.508 e. The summed E-state index contributed by atoms with van der Waals surface area (Å²) < 4.78 is 6.41. The van der Waals surface area contributed by atoms with Crippen LogP contribution >= 0.6 is 22.6 Å². The van der Waals surface area contributed by atoms with Crippen molar-refractivity contribution in [2.75, 3.05) is 6.61 Å². The zero-order chi connectivity index (χ0) is 13.8. The molecule has 0 bridgehead atoms. The summed E-state index contributed by atoms with van der Waals surface area (Å²) in [5.41, 5.74) is 0.128. The third-order valence-electron chi connectivity index (χ3n) is 2.47. The van der Waals surface area contributed by atoms with Gasteiger partial charge in [-0.15, -0.1) is 0 Å². The molecule has 0 radical (unpaired) electrons. The summed E-state index contributed by atoms with van der Waals surface area (Å²) in [6.07, 6.45) is 0. The van der Waals surface area contributed by atoms with Gasteiger partial charge in [-0.3, -0.25) is 4.79 Å². The maximum atomic E-state index is 11.8. The van der Waals surface area contributed by atoms with Crippen LogP contribution in [0, 0.1) is 3.57 Å². The van der Waals surface area contributed by atoms with Gasteiger partial charge < -0.3 is 14.9 Å². The molecule has 98 valence electrons. The van der Waals surface area contributed by atoms with Crippen LogP contribution in [0.1, 0.15) is 10.4 Å². The molecule has 0 spiro atoms. The molecule has 19 heavy (non-hydrogen) atoms. The molecule has 0 saturated carbocycles. The van der Waals surface area contributed by atoms with E-state index in [0.29, 0.717) is 5.75 Å². The maximum Gasteiger partial charge on any atom is 0.203 e. The van der Waals surface area contributed by atoms with Crippen LogP contribution in [0.5, 0.6) is 17.2 Å². The van der Waals surface area contributed by atoms with Crippen molar-refractivity contribution in [3.63, 3.8) is 0 Å². The van der Waals surface area contributed by atoms with E-state index in [1.54, 1.807) is 12.1 Å². The van der Waals surface area contributed by atoms with Crippen LogP contribution in [0.15, 0.2) is 42.5 Å². The number of carbonyl (C=O) groups is 1. The normalized spacial score (nSPS) is 10.2. The Hall–Kier alpha value is -1.76. The number of phenolic OH excluding ortho intramolecular Hbond substituents is 2. The first kappa shape index (κ1) is 13.7. The third kappa shape index (κ3) is 3.60. The summed E-state index contributed by atoms with van der Waals surface area (Å²) in [5, 5.41) is 18.7. The fourth-order valence-corrected chi connectivity index (χ4v) is 1.87. The monoisotopic (exact) mass is 370 g/mol. The molecular weight excluding hydrogens is 359 g/mol. The van der Waals surface area contributed by atoms with Gasteiger partial charge in [-0.25, -0.2) is 0 Å². The van der Waals surface area contributed by atoms with E-state index in [0.717, 1.165) is 9.64 Å². The van der Waals surface area contributed by atoms with Crippen molar-refractivity contribution in [2.24, 2.45) is 0 Å². The second-order valence-electron chi connectivity index (χ2n) is 3.87. The summed E-state index contributed by atoms with van der Waals surface area (Å²) in [7, 11) is 0. The number of benzene rings is 2. The van der Waals surface area contributed by atoms with E-state index in [4.69, 9.17) is 9.84 Å². The van der Waals surface area contributed by atoms with E-state index in [1.807, 2.05) is 12.1 Å². The predicted octanol–water partition coefficient (Wildman–Crippen LogP) is 2.96. The molecule has 2 N–H and O–H groups in total. The molecule has 0 aliphatic rings. The van der Waals surface area contributed by atoms with Crippen molar-refractivity contribution in [3.8, 4) is 17.2 Å². The number of ketones is 1. The topological polar surface area (TPSA) is 66.8 Å². The van der Waals surface area contributed by atoms with Crippen molar-refractivity contribution >= 4 is 28.4 Å². The Bertz CT molecular complexity index is 593. The highest BCUT2D eigenvalue weighted by Gasteiger charge is 2.12. The molecule has 0 amide bonds. The van der Waals surface area contributed by atoms with Gasteiger partial charge in [0.2, 0.25) is 5.78 Å². The molecule has 0 saturated heterocycles.